The Kier molecular flexibility index (Phi) is 3.25. The fourth-order valence-electron chi connectivity index (χ4n) is 2.27. The molecule has 4 heteroatoms. The maximum Gasteiger partial charge on any atom is 0.134 e. The molecule has 3 rings (SSSR count). The molecule has 0 saturated heterocycles. The van der Waals surface area contributed by atoms with Gasteiger partial charge in [-0.05, 0) is 47.5 Å². The summed E-state index contributed by atoms with van der Waals surface area (Å²) < 4.78 is 7.03. The average molecular weight is 336 g/mol. The van der Waals surface area contributed by atoms with E-state index in [2.05, 4.69) is 48.0 Å². The Morgan fingerprint density at radius 1 is 1.26 bits per heavy atom. The number of benzene rings is 1. The average Bonchev–Trinajstić information content (AvgIpc) is 2.93. The highest BCUT2D eigenvalue weighted by atomic mass is 79.9. The van der Waals surface area contributed by atoms with E-state index in [9.17, 15) is 0 Å². The van der Waals surface area contributed by atoms with Gasteiger partial charge >= 0.3 is 0 Å². The molecule has 19 heavy (non-hydrogen) atoms. The maximum absolute atomic E-state index is 6.33. The largest absolute Gasteiger partial charge is 0.459 e. The van der Waals surface area contributed by atoms with Crippen molar-refractivity contribution in [3.8, 4) is 0 Å². The zero-order valence-electron chi connectivity index (χ0n) is 10.7. The summed E-state index contributed by atoms with van der Waals surface area (Å²) in [5, 5.41) is 3.18. The van der Waals surface area contributed by atoms with Crippen molar-refractivity contribution in [3.63, 3.8) is 0 Å². The highest BCUT2D eigenvalue weighted by Gasteiger charge is 2.19. The first-order chi connectivity index (χ1) is 9.06. The first kappa shape index (κ1) is 12.9. The number of nitrogens with two attached hydrogens (primary N) is 1. The van der Waals surface area contributed by atoms with E-state index < -0.39 is 0 Å². The van der Waals surface area contributed by atoms with Crippen LogP contribution in [0.1, 0.15) is 27.8 Å². The molecule has 0 aliphatic carbocycles. The zero-order valence-corrected chi connectivity index (χ0v) is 13.1. The summed E-state index contributed by atoms with van der Waals surface area (Å²) in [4.78, 5) is 1.10. The van der Waals surface area contributed by atoms with Crippen molar-refractivity contribution in [3.05, 3.63) is 55.9 Å². The number of fused-ring (bicyclic) bond motifs is 1. The maximum atomic E-state index is 6.33. The third-order valence-electron chi connectivity index (χ3n) is 3.31. The van der Waals surface area contributed by atoms with E-state index in [1.165, 1.54) is 5.56 Å². The van der Waals surface area contributed by atoms with Gasteiger partial charge in [-0.25, -0.2) is 0 Å². The molecule has 0 amide bonds. The normalized spacial score (nSPS) is 13.1. The Balaban J connectivity index is 2.12. The Hall–Kier alpha value is -1.10. The number of thiophene rings is 1. The molecule has 0 radical (unpaired) electrons. The van der Waals surface area contributed by atoms with Gasteiger partial charge in [0.1, 0.15) is 11.3 Å². The molecule has 2 nitrogen and oxygen atoms in total. The van der Waals surface area contributed by atoms with Crippen molar-refractivity contribution in [2.45, 2.75) is 19.9 Å². The van der Waals surface area contributed by atoms with Crippen LogP contribution in [0, 0.1) is 13.8 Å². The smallest absolute Gasteiger partial charge is 0.134 e. The third kappa shape index (κ3) is 2.24. The Morgan fingerprint density at radius 3 is 2.74 bits per heavy atom. The lowest BCUT2D eigenvalue weighted by Crippen LogP contribution is -2.10. The lowest BCUT2D eigenvalue weighted by molar-refractivity contribution is 0.523. The van der Waals surface area contributed by atoms with Gasteiger partial charge < -0.3 is 10.2 Å². The van der Waals surface area contributed by atoms with E-state index in [1.807, 2.05) is 11.4 Å². The van der Waals surface area contributed by atoms with Crippen molar-refractivity contribution in [2.75, 3.05) is 0 Å². The van der Waals surface area contributed by atoms with Gasteiger partial charge in [-0.2, -0.15) is 0 Å². The zero-order chi connectivity index (χ0) is 13.6. The fraction of sp³-hybridized carbons (Fsp3) is 0.200. The second kappa shape index (κ2) is 4.78. The quantitative estimate of drug-likeness (QED) is 0.721. The minimum Gasteiger partial charge on any atom is -0.459 e. The van der Waals surface area contributed by atoms with Crippen LogP contribution in [-0.2, 0) is 0 Å². The molecule has 0 saturated carbocycles. The molecule has 0 fully saturated rings. The summed E-state index contributed by atoms with van der Waals surface area (Å²) in [5.74, 6) is 0.856. The second-order valence-corrected chi connectivity index (χ2v) is 6.59. The van der Waals surface area contributed by atoms with Crippen LogP contribution < -0.4 is 5.73 Å². The van der Waals surface area contributed by atoms with Gasteiger partial charge in [0, 0.05) is 25.7 Å². The van der Waals surface area contributed by atoms with E-state index >= 15 is 0 Å². The van der Waals surface area contributed by atoms with Crippen LogP contribution in [0.3, 0.4) is 0 Å². The molecule has 0 aliphatic heterocycles. The standard InChI is InChI=1S/C15H14BrNOS/c1-8-3-4-11-9(2)15(18-12(11)5-8)14(17)13-6-10(16)7-19-13/h3-7,14H,17H2,1-2H3. The van der Waals surface area contributed by atoms with Crippen LogP contribution in [0.25, 0.3) is 11.0 Å². The highest BCUT2D eigenvalue weighted by Crippen LogP contribution is 2.34. The lowest BCUT2D eigenvalue weighted by atomic mass is 10.1. The molecule has 0 bridgehead atoms. The van der Waals surface area contributed by atoms with Crippen molar-refractivity contribution in [1.82, 2.24) is 0 Å². The molecular formula is C15H14BrNOS. The fourth-order valence-corrected chi connectivity index (χ4v) is 3.71. The third-order valence-corrected chi connectivity index (χ3v) is 5.08. The van der Waals surface area contributed by atoms with Gasteiger partial charge in [-0.15, -0.1) is 11.3 Å². The molecule has 98 valence electrons. The van der Waals surface area contributed by atoms with Crippen molar-refractivity contribution in [2.24, 2.45) is 5.73 Å². The molecule has 0 aliphatic rings. The molecular weight excluding hydrogens is 322 g/mol. The van der Waals surface area contributed by atoms with Crippen LogP contribution in [0.15, 0.2) is 38.5 Å². The summed E-state index contributed by atoms with van der Waals surface area (Å²) in [5.41, 5.74) is 9.57. The molecule has 1 aromatic carbocycles. The van der Waals surface area contributed by atoms with E-state index in [0.29, 0.717) is 0 Å². The summed E-state index contributed by atoms with van der Waals surface area (Å²) in [6.45, 7) is 4.13. The molecule has 2 N–H and O–H groups in total. The summed E-state index contributed by atoms with van der Waals surface area (Å²) >= 11 is 5.10. The molecule has 0 spiro atoms. The number of halogens is 1. The minimum absolute atomic E-state index is 0.205. The van der Waals surface area contributed by atoms with Gasteiger partial charge in [0.2, 0.25) is 0 Å². The molecule has 1 unspecified atom stereocenters. The Labute approximate surface area is 124 Å². The van der Waals surface area contributed by atoms with Crippen LogP contribution >= 0.6 is 27.3 Å². The van der Waals surface area contributed by atoms with Gasteiger partial charge in [-0.1, -0.05) is 12.1 Å². The molecule has 2 aromatic heterocycles. The van der Waals surface area contributed by atoms with Crippen LogP contribution in [0.5, 0.6) is 0 Å². The predicted octanol–water partition coefficient (Wildman–Crippen LogP) is 4.92. The number of rotatable bonds is 2. The van der Waals surface area contributed by atoms with Crippen LogP contribution in [-0.4, -0.2) is 0 Å². The first-order valence-corrected chi connectivity index (χ1v) is 7.72. The van der Waals surface area contributed by atoms with E-state index in [0.717, 1.165) is 31.6 Å². The topological polar surface area (TPSA) is 39.2 Å². The monoisotopic (exact) mass is 335 g/mol. The summed E-state index contributed by atoms with van der Waals surface area (Å²) in [6.07, 6.45) is 0. The number of furan rings is 1. The first-order valence-electron chi connectivity index (χ1n) is 6.05. The summed E-state index contributed by atoms with van der Waals surface area (Å²) in [6, 6.07) is 8.10. The van der Waals surface area contributed by atoms with Gasteiger partial charge in [-0.3, -0.25) is 0 Å². The minimum atomic E-state index is -0.205. The molecule has 1 atom stereocenters. The molecule has 2 heterocycles. The SMILES string of the molecule is Cc1ccc2c(C)c(C(N)c3cc(Br)cs3)oc2c1. The van der Waals surface area contributed by atoms with E-state index in [4.69, 9.17) is 10.2 Å². The Bertz CT molecular complexity index is 744. The van der Waals surface area contributed by atoms with Crippen LogP contribution in [0.2, 0.25) is 0 Å². The van der Waals surface area contributed by atoms with E-state index in [1.54, 1.807) is 11.3 Å². The summed E-state index contributed by atoms with van der Waals surface area (Å²) in [7, 11) is 0. The predicted molar refractivity (Wildman–Crippen MR) is 83.7 cm³/mol. The number of aryl methyl sites for hydroxylation is 2. The van der Waals surface area contributed by atoms with Crippen molar-refractivity contribution >= 4 is 38.2 Å². The number of hydrogen-bond acceptors (Lipinski definition) is 3. The highest BCUT2D eigenvalue weighted by molar-refractivity contribution is 9.10. The number of hydrogen-bond donors (Lipinski definition) is 1. The van der Waals surface area contributed by atoms with Gasteiger partial charge in [0.25, 0.3) is 0 Å². The van der Waals surface area contributed by atoms with Gasteiger partial charge in [0.15, 0.2) is 0 Å². The van der Waals surface area contributed by atoms with E-state index in [-0.39, 0.29) is 6.04 Å². The lowest BCUT2D eigenvalue weighted by Gasteiger charge is -2.07. The molecule has 3 aromatic rings. The van der Waals surface area contributed by atoms with Crippen molar-refractivity contribution in [1.29, 1.82) is 0 Å². The second-order valence-electron chi connectivity index (χ2n) is 4.74. The Morgan fingerprint density at radius 2 is 2.05 bits per heavy atom. The van der Waals surface area contributed by atoms with Crippen molar-refractivity contribution < 1.29 is 4.42 Å². The van der Waals surface area contributed by atoms with Crippen LogP contribution in [0.4, 0.5) is 0 Å². The van der Waals surface area contributed by atoms with Gasteiger partial charge in [0.05, 0.1) is 6.04 Å².